The molecule has 0 radical (unpaired) electrons. The van der Waals surface area contributed by atoms with Gasteiger partial charge < -0.3 is 14.2 Å². The molecule has 0 aliphatic carbocycles. The number of ether oxygens (including phenoxy) is 3. The number of benzene rings is 2. The van der Waals surface area contributed by atoms with E-state index in [0.717, 1.165) is 24.3 Å². The second kappa shape index (κ2) is 11.7. The lowest BCUT2D eigenvalue weighted by Gasteiger charge is -2.27. The van der Waals surface area contributed by atoms with Crippen molar-refractivity contribution in [2.45, 2.75) is 11.3 Å². The van der Waals surface area contributed by atoms with Gasteiger partial charge in [0.05, 0.1) is 32.3 Å². The van der Waals surface area contributed by atoms with E-state index >= 15 is 0 Å². The smallest absolute Gasteiger partial charge is 0.244 e. The van der Waals surface area contributed by atoms with E-state index in [9.17, 15) is 13.2 Å². The number of nitrogens with zero attached hydrogens (tertiary/aromatic N) is 3. The summed E-state index contributed by atoms with van der Waals surface area (Å²) in [5, 5.41) is 0.813. The highest BCUT2D eigenvalue weighted by Gasteiger charge is 2.28. The van der Waals surface area contributed by atoms with Crippen molar-refractivity contribution in [3.63, 3.8) is 0 Å². The third-order valence-electron chi connectivity index (χ3n) is 5.88. The quantitative estimate of drug-likeness (QED) is 0.376. The molecule has 36 heavy (non-hydrogen) atoms. The number of methoxy groups -OCH3 is 2. The molecule has 0 bridgehead atoms. The molecule has 1 aromatic heterocycles. The largest absolute Gasteiger partial charge is 0.495 e. The van der Waals surface area contributed by atoms with Gasteiger partial charge in [-0.1, -0.05) is 22.9 Å². The summed E-state index contributed by atoms with van der Waals surface area (Å²) in [5.41, 5.74) is 0.559. The molecule has 0 saturated carbocycles. The lowest BCUT2D eigenvalue weighted by atomic mass is 10.3. The van der Waals surface area contributed by atoms with E-state index in [4.69, 9.17) is 25.8 Å². The van der Waals surface area contributed by atoms with Crippen LogP contribution in [-0.4, -0.2) is 83.6 Å². The molecule has 3 aromatic rings. The zero-order chi connectivity index (χ0) is 25.7. The number of amides is 1. The standard InChI is InChI=1S/C24H28ClN3O6S2/c1-32-19-8-9-20(33-2)23-22(19)26-24(35-23)28(11-3-10-27-12-14-34-15-13-27)21(29)16-36(30,31)18-6-4-17(25)5-7-18/h4-9H,3,10-16H2,1-2H3. The van der Waals surface area contributed by atoms with Gasteiger partial charge in [-0.05, 0) is 42.8 Å². The molecule has 0 atom stereocenters. The highest BCUT2D eigenvalue weighted by molar-refractivity contribution is 7.92. The number of rotatable bonds is 10. The molecular formula is C24H28ClN3O6S2. The van der Waals surface area contributed by atoms with Gasteiger partial charge in [0, 0.05) is 31.2 Å². The van der Waals surface area contributed by atoms with Crippen molar-refractivity contribution in [3.8, 4) is 11.5 Å². The maximum absolute atomic E-state index is 13.5. The predicted octanol–water partition coefficient (Wildman–Crippen LogP) is 3.50. The Bertz CT molecular complexity index is 1270. The minimum absolute atomic E-state index is 0.0427. The highest BCUT2D eigenvalue weighted by Crippen LogP contribution is 2.40. The Balaban J connectivity index is 1.62. The van der Waals surface area contributed by atoms with Crippen molar-refractivity contribution in [1.82, 2.24) is 9.88 Å². The molecule has 4 rings (SSSR count). The minimum Gasteiger partial charge on any atom is -0.495 e. The van der Waals surface area contributed by atoms with E-state index < -0.39 is 21.5 Å². The number of carbonyl (C=O) groups is 1. The Morgan fingerprint density at radius 2 is 1.78 bits per heavy atom. The molecule has 2 aromatic carbocycles. The molecule has 0 N–H and O–H groups in total. The SMILES string of the molecule is COc1ccc(OC)c2sc(N(CCCN3CCOCC3)C(=O)CS(=O)(=O)c3ccc(Cl)cc3)nc12. The molecule has 194 valence electrons. The number of anilines is 1. The number of hydrogen-bond acceptors (Lipinski definition) is 9. The molecular weight excluding hydrogens is 526 g/mol. The maximum atomic E-state index is 13.5. The number of halogens is 1. The van der Waals surface area contributed by atoms with Crippen LogP contribution >= 0.6 is 22.9 Å². The topological polar surface area (TPSA) is 98.3 Å². The van der Waals surface area contributed by atoms with E-state index in [1.54, 1.807) is 26.4 Å². The molecule has 2 heterocycles. The summed E-state index contributed by atoms with van der Waals surface area (Å²) in [5.74, 6) is -0.0908. The Hall–Kier alpha value is -2.44. The van der Waals surface area contributed by atoms with Crippen LogP contribution in [0.25, 0.3) is 10.2 Å². The van der Waals surface area contributed by atoms with Crippen LogP contribution in [0.5, 0.6) is 11.5 Å². The first-order valence-electron chi connectivity index (χ1n) is 11.4. The third kappa shape index (κ3) is 6.09. The summed E-state index contributed by atoms with van der Waals surface area (Å²) < 4.78 is 43.1. The van der Waals surface area contributed by atoms with Crippen LogP contribution in [0.15, 0.2) is 41.3 Å². The number of fused-ring (bicyclic) bond motifs is 1. The molecule has 1 fully saturated rings. The zero-order valence-corrected chi connectivity index (χ0v) is 22.5. The fraction of sp³-hybridized carbons (Fsp3) is 0.417. The predicted molar refractivity (Wildman–Crippen MR) is 140 cm³/mol. The Morgan fingerprint density at radius 1 is 1.11 bits per heavy atom. The van der Waals surface area contributed by atoms with Gasteiger partial charge in [-0.25, -0.2) is 13.4 Å². The summed E-state index contributed by atoms with van der Waals surface area (Å²) in [4.78, 5) is 21.9. The number of aromatic nitrogens is 1. The maximum Gasteiger partial charge on any atom is 0.244 e. The van der Waals surface area contributed by atoms with Gasteiger partial charge in [-0.15, -0.1) is 0 Å². The second-order valence-corrected chi connectivity index (χ2v) is 11.6. The van der Waals surface area contributed by atoms with Crippen LogP contribution in [0.3, 0.4) is 0 Å². The lowest BCUT2D eigenvalue weighted by molar-refractivity contribution is -0.116. The Kier molecular flexibility index (Phi) is 8.68. The fourth-order valence-corrected chi connectivity index (χ4v) is 6.40. The molecule has 1 aliphatic heterocycles. The van der Waals surface area contributed by atoms with Crippen molar-refractivity contribution >= 4 is 54.0 Å². The molecule has 1 aliphatic rings. The normalized spacial score (nSPS) is 14.6. The van der Waals surface area contributed by atoms with Gasteiger partial charge >= 0.3 is 0 Å². The van der Waals surface area contributed by atoms with E-state index in [2.05, 4.69) is 9.88 Å². The van der Waals surface area contributed by atoms with Crippen LogP contribution in [0.2, 0.25) is 5.02 Å². The van der Waals surface area contributed by atoms with Crippen molar-refractivity contribution in [1.29, 1.82) is 0 Å². The number of hydrogen-bond donors (Lipinski definition) is 0. The summed E-state index contributed by atoms with van der Waals surface area (Å²) in [6.07, 6.45) is 0.650. The van der Waals surface area contributed by atoms with Crippen molar-refractivity contribution in [2.75, 3.05) is 64.3 Å². The molecule has 12 heteroatoms. The highest BCUT2D eigenvalue weighted by atomic mass is 35.5. The van der Waals surface area contributed by atoms with E-state index in [-0.39, 0.29) is 4.90 Å². The van der Waals surface area contributed by atoms with Crippen molar-refractivity contribution in [2.24, 2.45) is 0 Å². The molecule has 1 amide bonds. The van der Waals surface area contributed by atoms with Gasteiger partial charge in [-0.2, -0.15) is 0 Å². The molecule has 1 saturated heterocycles. The summed E-state index contributed by atoms with van der Waals surface area (Å²) in [6, 6.07) is 9.32. The molecule has 0 unspecified atom stereocenters. The first-order chi connectivity index (χ1) is 17.3. The number of thiazole rings is 1. The van der Waals surface area contributed by atoms with Crippen LogP contribution < -0.4 is 14.4 Å². The first kappa shape index (κ1) is 26.6. The van der Waals surface area contributed by atoms with Crippen LogP contribution in [0.1, 0.15) is 6.42 Å². The Labute approximate surface area is 219 Å². The number of morpholine rings is 1. The van der Waals surface area contributed by atoms with E-state index in [1.165, 1.54) is 40.5 Å². The summed E-state index contributed by atoms with van der Waals surface area (Å²) >= 11 is 7.17. The first-order valence-corrected chi connectivity index (χ1v) is 14.3. The zero-order valence-electron chi connectivity index (χ0n) is 20.1. The van der Waals surface area contributed by atoms with Gasteiger partial charge in [0.15, 0.2) is 15.0 Å². The van der Waals surface area contributed by atoms with Gasteiger partial charge in [0.1, 0.15) is 27.5 Å². The summed E-state index contributed by atoms with van der Waals surface area (Å²) in [7, 11) is -0.774. The van der Waals surface area contributed by atoms with E-state index in [0.29, 0.717) is 53.3 Å². The van der Waals surface area contributed by atoms with Crippen molar-refractivity contribution < 1.29 is 27.4 Å². The van der Waals surface area contributed by atoms with Crippen LogP contribution in [0.4, 0.5) is 5.13 Å². The second-order valence-electron chi connectivity index (χ2n) is 8.21. The third-order valence-corrected chi connectivity index (χ3v) is 8.84. The molecule has 0 spiro atoms. The lowest BCUT2D eigenvalue weighted by Crippen LogP contribution is -2.40. The van der Waals surface area contributed by atoms with Crippen molar-refractivity contribution in [3.05, 3.63) is 41.4 Å². The summed E-state index contributed by atoms with van der Waals surface area (Å²) in [6.45, 7) is 4.09. The van der Waals surface area contributed by atoms with Crippen LogP contribution in [-0.2, 0) is 19.4 Å². The number of carbonyl (C=O) groups excluding carboxylic acids is 1. The number of sulfone groups is 1. The van der Waals surface area contributed by atoms with E-state index in [1.807, 2.05) is 0 Å². The van der Waals surface area contributed by atoms with Gasteiger partial charge in [0.2, 0.25) is 5.91 Å². The van der Waals surface area contributed by atoms with Gasteiger partial charge in [-0.3, -0.25) is 14.6 Å². The molecule has 9 nitrogen and oxygen atoms in total. The fourth-order valence-electron chi connectivity index (χ4n) is 3.96. The Morgan fingerprint density at radius 3 is 2.44 bits per heavy atom. The minimum atomic E-state index is -3.88. The average molecular weight is 554 g/mol. The van der Waals surface area contributed by atoms with Crippen LogP contribution in [0, 0.1) is 0 Å². The van der Waals surface area contributed by atoms with Gasteiger partial charge in [0.25, 0.3) is 0 Å². The monoisotopic (exact) mass is 553 g/mol. The average Bonchev–Trinajstić information content (AvgIpc) is 3.31.